The van der Waals surface area contributed by atoms with Gasteiger partial charge >= 0.3 is 0 Å². The van der Waals surface area contributed by atoms with Crippen molar-refractivity contribution in [2.75, 3.05) is 0 Å². The van der Waals surface area contributed by atoms with Gasteiger partial charge in [0, 0.05) is 53.2 Å². The molecule has 0 aliphatic heterocycles. The Balaban J connectivity index is 1.86. The molecule has 0 radical (unpaired) electrons. The van der Waals surface area contributed by atoms with Crippen molar-refractivity contribution >= 4 is 56.6 Å². The van der Waals surface area contributed by atoms with Crippen molar-refractivity contribution in [3.63, 3.8) is 0 Å². The van der Waals surface area contributed by atoms with Crippen molar-refractivity contribution in [3.05, 3.63) is 105 Å². The number of nitrogens with zero attached hydrogens (tertiary/aromatic N) is 2. The molecular formula is C31H30Cl3FN2. The van der Waals surface area contributed by atoms with Crippen LogP contribution in [0.2, 0.25) is 15.1 Å². The number of hydrogen-bond donors (Lipinski definition) is 0. The molecule has 0 saturated carbocycles. The Hall–Kier alpha value is -2.46. The first-order chi connectivity index (χ1) is 18.0. The third-order valence-electron chi connectivity index (χ3n) is 7.19. The summed E-state index contributed by atoms with van der Waals surface area (Å²) in [4.78, 5) is 0. The van der Waals surface area contributed by atoms with E-state index in [1.54, 1.807) is 6.07 Å². The molecule has 0 amide bonds. The zero-order valence-electron chi connectivity index (χ0n) is 21.1. The van der Waals surface area contributed by atoms with E-state index in [-0.39, 0.29) is 10.9 Å². The van der Waals surface area contributed by atoms with Gasteiger partial charge in [-0.15, -0.1) is 0 Å². The normalized spacial score (nSPS) is 11.9. The molecule has 0 aliphatic carbocycles. The zero-order valence-corrected chi connectivity index (χ0v) is 23.3. The number of benzene rings is 3. The van der Waals surface area contributed by atoms with Crippen LogP contribution in [0.15, 0.2) is 67.0 Å². The first kappa shape index (κ1) is 26.2. The molecule has 0 spiro atoms. The molecule has 0 unspecified atom stereocenters. The molecule has 2 nitrogen and oxygen atoms in total. The summed E-state index contributed by atoms with van der Waals surface area (Å²) in [5.41, 5.74) is 4.83. The second-order valence-electron chi connectivity index (χ2n) is 9.61. The highest BCUT2D eigenvalue weighted by atomic mass is 35.5. The van der Waals surface area contributed by atoms with Crippen LogP contribution in [0, 0.1) is 5.82 Å². The number of aryl methyl sites for hydroxylation is 2. The molecule has 0 saturated heterocycles. The summed E-state index contributed by atoms with van der Waals surface area (Å²) in [6.07, 6.45) is 8.59. The van der Waals surface area contributed by atoms with E-state index in [2.05, 4.69) is 47.5 Å². The van der Waals surface area contributed by atoms with Crippen molar-refractivity contribution in [1.82, 2.24) is 9.13 Å². The summed E-state index contributed by atoms with van der Waals surface area (Å²) in [6.45, 7) is 6.11. The fraction of sp³-hybridized carbons (Fsp3) is 0.290. The number of fused-ring (bicyclic) bond motifs is 2. The third kappa shape index (κ3) is 4.78. The molecule has 37 heavy (non-hydrogen) atoms. The van der Waals surface area contributed by atoms with Crippen LogP contribution in [-0.2, 0) is 13.1 Å². The maximum atomic E-state index is 14.9. The Morgan fingerprint density at radius 2 is 1.16 bits per heavy atom. The van der Waals surface area contributed by atoms with E-state index >= 15 is 0 Å². The number of aromatic nitrogens is 2. The molecule has 3 aromatic carbocycles. The standard InChI is InChI=1S/C31H30Cl3FN2/c1-3-5-16-36-18-21(29-23(32)11-8-14-26(29)36)28(20-10-7-13-25(35)31(20)34)22-19-37(17-6-4-2)27-15-9-12-24(33)30(22)27/h7-15,18-19,28H,3-6,16-17H2,1-2H3. The zero-order chi connectivity index (χ0) is 26.1. The number of halogens is 4. The second-order valence-corrected chi connectivity index (χ2v) is 10.8. The van der Waals surface area contributed by atoms with E-state index in [0.717, 1.165) is 71.7 Å². The van der Waals surface area contributed by atoms with Gasteiger partial charge in [0.25, 0.3) is 0 Å². The van der Waals surface area contributed by atoms with Gasteiger partial charge in [-0.25, -0.2) is 4.39 Å². The topological polar surface area (TPSA) is 9.86 Å². The monoisotopic (exact) mass is 554 g/mol. The van der Waals surface area contributed by atoms with Gasteiger partial charge in [0.15, 0.2) is 0 Å². The van der Waals surface area contributed by atoms with E-state index in [9.17, 15) is 4.39 Å². The molecular weight excluding hydrogens is 526 g/mol. The van der Waals surface area contributed by atoms with Gasteiger partial charge in [0.05, 0.1) is 15.1 Å². The molecule has 6 heteroatoms. The predicted molar refractivity (Wildman–Crippen MR) is 156 cm³/mol. The average Bonchev–Trinajstić information content (AvgIpc) is 3.45. The van der Waals surface area contributed by atoms with Gasteiger partial charge in [-0.2, -0.15) is 0 Å². The van der Waals surface area contributed by atoms with Crippen molar-refractivity contribution < 1.29 is 4.39 Å². The molecule has 0 fully saturated rings. The van der Waals surface area contributed by atoms with Crippen molar-refractivity contribution in [3.8, 4) is 0 Å². The van der Waals surface area contributed by atoms with Crippen molar-refractivity contribution in [1.29, 1.82) is 0 Å². The Labute approximate surface area is 232 Å². The average molecular weight is 556 g/mol. The van der Waals surface area contributed by atoms with Crippen LogP contribution in [0.1, 0.15) is 62.1 Å². The van der Waals surface area contributed by atoms with Crippen molar-refractivity contribution in [2.45, 2.75) is 58.5 Å². The van der Waals surface area contributed by atoms with E-state index in [1.807, 2.05) is 30.3 Å². The van der Waals surface area contributed by atoms with E-state index in [1.165, 1.54) is 6.07 Å². The molecule has 0 atom stereocenters. The minimum Gasteiger partial charge on any atom is -0.347 e. The van der Waals surface area contributed by atoms with Gasteiger partial charge in [-0.1, -0.05) is 85.8 Å². The van der Waals surface area contributed by atoms with Crippen LogP contribution >= 0.6 is 34.8 Å². The summed E-state index contributed by atoms with van der Waals surface area (Å²) < 4.78 is 19.4. The summed E-state index contributed by atoms with van der Waals surface area (Å²) in [6, 6.07) is 17.0. The van der Waals surface area contributed by atoms with Gasteiger partial charge in [-0.05, 0) is 59.9 Å². The van der Waals surface area contributed by atoms with E-state index in [0.29, 0.717) is 15.6 Å². The summed E-state index contributed by atoms with van der Waals surface area (Å²) in [7, 11) is 0. The largest absolute Gasteiger partial charge is 0.347 e. The Morgan fingerprint density at radius 1 is 0.676 bits per heavy atom. The molecule has 0 bridgehead atoms. The van der Waals surface area contributed by atoms with Crippen LogP contribution in [0.3, 0.4) is 0 Å². The first-order valence-electron chi connectivity index (χ1n) is 12.9. The lowest BCUT2D eigenvalue weighted by molar-refractivity contribution is 0.625. The Kier molecular flexibility index (Phi) is 7.85. The summed E-state index contributed by atoms with van der Waals surface area (Å²) in [5.74, 6) is -0.801. The molecule has 5 aromatic rings. The Bertz CT molecular complexity index is 1470. The predicted octanol–water partition coefficient (Wildman–Crippen LogP) is 10.5. The maximum Gasteiger partial charge on any atom is 0.142 e. The number of unbranched alkanes of at least 4 members (excludes halogenated alkanes) is 2. The van der Waals surface area contributed by atoms with Crippen LogP contribution in [0.5, 0.6) is 0 Å². The maximum absolute atomic E-state index is 14.9. The van der Waals surface area contributed by atoms with Gasteiger partial charge < -0.3 is 9.13 Å². The lowest BCUT2D eigenvalue weighted by atomic mass is 9.84. The quantitative estimate of drug-likeness (QED) is 0.171. The molecule has 0 N–H and O–H groups in total. The highest BCUT2D eigenvalue weighted by molar-refractivity contribution is 6.36. The fourth-order valence-corrected chi connectivity index (χ4v) is 6.18. The van der Waals surface area contributed by atoms with Crippen LogP contribution < -0.4 is 0 Å². The van der Waals surface area contributed by atoms with Gasteiger partial charge in [0.2, 0.25) is 0 Å². The van der Waals surface area contributed by atoms with Crippen LogP contribution in [-0.4, -0.2) is 9.13 Å². The molecule has 0 aliphatic rings. The van der Waals surface area contributed by atoms with Crippen LogP contribution in [0.25, 0.3) is 21.8 Å². The molecule has 5 rings (SSSR count). The summed E-state index contributed by atoms with van der Waals surface area (Å²) >= 11 is 20.4. The minimum atomic E-state index is -0.439. The summed E-state index contributed by atoms with van der Waals surface area (Å²) in [5, 5.41) is 3.39. The van der Waals surface area contributed by atoms with E-state index < -0.39 is 5.82 Å². The molecule has 2 heterocycles. The minimum absolute atomic E-state index is 0.121. The third-order valence-corrected chi connectivity index (χ3v) is 8.22. The highest BCUT2D eigenvalue weighted by Gasteiger charge is 2.29. The first-order valence-corrected chi connectivity index (χ1v) is 14.1. The lowest BCUT2D eigenvalue weighted by Crippen LogP contribution is -2.05. The SMILES string of the molecule is CCCCn1cc(C(c2cccc(F)c2Cl)c2cn(CCCC)c3cccc(Cl)c23)c2c(Cl)cccc21. The highest BCUT2D eigenvalue weighted by Crippen LogP contribution is 2.46. The van der Waals surface area contributed by atoms with Crippen LogP contribution in [0.4, 0.5) is 4.39 Å². The molecule has 2 aromatic heterocycles. The van der Waals surface area contributed by atoms with Gasteiger partial charge in [0.1, 0.15) is 5.82 Å². The van der Waals surface area contributed by atoms with Gasteiger partial charge in [-0.3, -0.25) is 0 Å². The van der Waals surface area contributed by atoms with Crippen molar-refractivity contribution in [2.24, 2.45) is 0 Å². The Morgan fingerprint density at radius 3 is 1.65 bits per heavy atom. The lowest BCUT2D eigenvalue weighted by Gasteiger charge is -2.20. The number of hydrogen-bond acceptors (Lipinski definition) is 0. The second kappa shape index (κ2) is 11.1. The van der Waals surface area contributed by atoms with E-state index in [4.69, 9.17) is 34.8 Å². The fourth-order valence-electron chi connectivity index (χ4n) is 5.39. The molecule has 192 valence electrons. The number of rotatable bonds is 9. The smallest absolute Gasteiger partial charge is 0.142 e.